The third kappa shape index (κ3) is 4.59. The number of hydrogen-bond donors (Lipinski definition) is 1. The summed E-state index contributed by atoms with van der Waals surface area (Å²) in [7, 11) is 0. The third-order valence-corrected chi connectivity index (χ3v) is 3.95. The van der Waals surface area contributed by atoms with Gasteiger partial charge in [0.05, 0.1) is 17.9 Å². The molecular weight excluding hydrogens is 266 g/mol. The van der Waals surface area contributed by atoms with Crippen LogP contribution in [-0.4, -0.2) is 18.5 Å². The quantitative estimate of drug-likeness (QED) is 0.811. The van der Waals surface area contributed by atoms with E-state index in [1.165, 1.54) is 25.7 Å². The molecule has 1 N–H and O–H groups in total. The van der Waals surface area contributed by atoms with Gasteiger partial charge < -0.3 is 10.1 Å². The molecular formula is C17H23NO3. The Bertz CT molecular complexity index is 493. The van der Waals surface area contributed by atoms with E-state index in [1.807, 2.05) is 0 Å². The van der Waals surface area contributed by atoms with E-state index in [2.05, 4.69) is 5.32 Å². The van der Waals surface area contributed by atoms with Crippen LogP contribution in [0.4, 0.5) is 5.69 Å². The van der Waals surface area contributed by atoms with Gasteiger partial charge in [0.1, 0.15) is 0 Å². The minimum Gasteiger partial charge on any atom is -0.462 e. The molecule has 2 rings (SSSR count). The number of carbonyl (C=O) groups excluding carboxylic acids is 2. The average molecular weight is 289 g/mol. The highest BCUT2D eigenvalue weighted by Crippen LogP contribution is 2.28. The number of anilines is 1. The first-order valence-corrected chi connectivity index (χ1v) is 7.76. The van der Waals surface area contributed by atoms with Crippen molar-refractivity contribution in [3.05, 3.63) is 29.8 Å². The van der Waals surface area contributed by atoms with Gasteiger partial charge in [0, 0.05) is 6.42 Å². The molecule has 114 valence electrons. The van der Waals surface area contributed by atoms with Crippen LogP contribution in [-0.2, 0) is 9.53 Å². The minimum atomic E-state index is -0.399. The molecule has 0 radical (unpaired) electrons. The first-order valence-electron chi connectivity index (χ1n) is 7.76. The smallest absolute Gasteiger partial charge is 0.340 e. The van der Waals surface area contributed by atoms with Crippen LogP contribution in [0.25, 0.3) is 0 Å². The molecule has 1 fully saturated rings. The lowest BCUT2D eigenvalue weighted by Gasteiger charge is -2.12. The van der Waals surface area contributed by atoms with Crippen LogP contribution in [0.5, 0.6) is 0 Å². The van der Waals surface area contributed by atoms with E-state index >= 15 is 0 Å². The number of carbonyl (C=O) groups is 2. The molecule has 0 saturated heterocycles. The molecule has 4 nitrogen and oxygen atoms in total. The molecule has 0 atom stereocenters. The van der Waals surface area contributed by atoms with Crippen molar-refractivity contribution in [2.75, 3.05) is 11.9 Å². The number of esters is 1. The maximum Gasteiger partial charge on any atom is 0.340 e. The summed E-state index contributed by atoms with van der Waals surface area (Å²) in [5.74, 6) is 0.263. The summed E-state index contributed by atoms with van der Waals surface area (Å²) in [6, 6.07) is 6.97. The molecule has 1 aromatic carbocycles. The summed E-state index contributed by atoms with van der Waals surface area (Å²) in [5, 5.41) is 2.83. The number of benzene rings is 1. The van der Waals surface area contributed by atoms with E-state index in [-0.39, 0.29) is 5.91 Å². The molecule has 4 heteroatoms. The molecule has 1 aliphatic carbocycles. The number of rotatable bonds is 6. The minimum absolute atomic E-state index is 0.0290. The number of amides is 1. The van der Waals surface area contributed by atoms with Gasteiger partial charge in [-0.1, -0.05) is 37.8 Å². The molecule has 1 saturated carbocycles. The van der Waals surface area contributed by atoms with E-state index in [4.69, 9.17) is 4.74 Å². The Hall–Kier alpha value is -1.84. The zero-order valence-electron chi connectivity index (χ0n) is 12.6. The number of para-hydroxylation sites is 1. The van der Waals surface area contributed by atoms with Gasteiger partial charge in [0.15, 0.2) is 0 Å². The summed E-state index contributed by atoms with van der Waals surface area (Å²) < 4.78 is 5.00. The van der Waals surface area contributed by atoms with Gasteiger partial charge in [0.25, 0.3) is 0 Å². The van der Waals surface area contributed by atoms with Crippen molar-refractivity contribution in [1.82, 2.24) is 0 Å². The number of hydrogen-bond acceptors (Lipinski definition) is 3. The zero-order valence-corrected chi connectivity index (χ0v) is 12.6. The van der Waals surface area contributed by atoms with E-state index in [9.17, 15) is 9.59 Å². The first-order chi connectivity index (χ1) is 10.2. The van der Waals surface area contributed by atoms with Crippen LogP contribution in [0.2, 0.25) is 0 Å². The van der Waals surface area contributed by atoms with Crippen LogP contribution < -0.4 is 5.32 Å². The topological polar surface area (TPSA) is 55.4 Å². The van der Waals surface area contributed by atoms with E-state index in [1.54, 1.807) is 31.2 Å². The highest BCUT2D eigenvalue weighted by atomic mass is 16.5. The molecule has 0 bridgehead atoms. The molecule has 0 spiro atoms. The van der Waals surface area contributed by atoms with Crippen LogP contribution in [0.1, 0.15) is 55.8 Å². The summed E-state index contributed by atoms with van der Waals surface area (Å²) >= 11 is 0. The summed E-state index contributed by atoms with van der Waals surface area (Å²) in [4.78, 5) is 23.9. The Labute approximate surface area is 125 Å². The van der Waals surface area contributed by atoms with Crippen LogP contribution in [0.15, 0.2) is 24.3 Å². The average Bonchev–Trinajstić information content (AvgIpc) is 2.99. The molecule has 1 aliphatic rings. The molecule has 21 heavy (non-hydrogen) atoms. The fourth-order valence-electron chi connectivity index (χ4n) is 2.83. The van der Waals surface area contributed by atoms with Gasteiger partial charge in [0.2, 0.25) is 5.91 Å². The monoisotopic (exact) mass is 289 g/mol. The van der Waals surface area contributed by atoms with Crippen molar-refractivity contribution >= 4 is 17.6 Å². The second-order valence-electron chi connectivity index (χ2n) is 5.50. The lowest BCUT2D eigenvalue weighted by Crippen LogP contribution is -2.16. The third-order valence-electron chi connectivity index (χ3n) is 3.95. The highest BCUT2D eigenvalue weighted by Gasteiger charge is 2.17. The van der Waals surface area contributed by atoms with Gasteiger partial charge in [-0.3, -0.25) is 4.79 Å². The number of nitrogens with one attached hydrogen (secondary N) is 1. The Kier molecular flexibility index (Phi) is 5.78. The Balaban J connectivity index is 1.91. The lowest BCUT2D eigenvalue weighted by atomic mass is 10.0. The van der Waals surface area contributed by atoms with Crippen LogP contribution >= 0.6 is 0 Å². The lowest BCUT2D eigenvalue weighted by molar-refractivity contribution is -0.116. The normalized spacial score (nSPS) is 14.9. The van der Waals surface area contributed by atoms with Gasteiger partial charge in [-0.15, -0.1) is 0 Å². The summed E-state index contributed by atoms with van der Waals surface area (Å²) in [5.41, 5.74) is 0.945. The predicted octanol–water partition coefficient (Wildman–Crippen LogP) is 3.77. The molecule has 0 heterocycles. The largest absolute Gasteiger partial charge is 0.462 e. The molecule has 0 aliphatic heterocycles. The Morgan fingerprint density at radius 2 is 1.95 bits per heavy atom. The van der Waals surface area contributed by atoms with Crippen LogP contribution in [0, 0.1) is 5.92 Å². The predicted molar refractivity (Wildman–Crippen MR) is 82.2 cm³/mol. The van der Waals surface area contributed by atoms with E-state index in [0.717, 1.165) is 6.42 Å². The Morgan fingerprint density at radius 1 is 1.24 bits per heavy atom. The standard InChI is InChI=1S/C17H23NO3/c1-2-21-17(20)14-9-5-6-10-15(14)18-16(19)12-11-13-7-3-4-8-13/h5-6,9-10,13H,2-4,7-8,11-12H2,1H3,(H,18,19). The van der Waals surface area contributed by atoms with Crippen molar-refractivity contribution in [1.29, 1.82) is 0 Å². The second-order valence-corrected chi connectivity index (χ2v) is 5.50. The zero-order chi connectivity index (χ0) is 15.1. The van der Waals surface area contributed by atoms with Gasteiger partial charge in [-0.05, 0) is 31.4 Å². The van der Waals surface area contributed by atoms with Crippen LogP contribution in [0.3, 0.4) is 0 Å². The molecule has 1 amide bonds. The van der Waals surface area contributed by atoms with Crippen molar-refractivity contribution in [2.45, 2.75) is 45.4 Å². The molecule has 0 aromatic heterocycles. The number of ether oxygens (including phenoxy) is 1. The van der Waals surface area contributed by atoms with Crippen molar-refractivity contribution in [3.63, 3.8) is 0 Å². The van der Waals surface area contributed by atoms with Crippen molar-refractivity contribution in [3.8, 4) is 0 Å². The van der Waals surface area contributed by atoms with Gasteiger partial charge in [-0.25, -0.2) is 4.79 Å². The molecule has 0 unspecified atom stereocenters. The second kappa shape index (κ2) is 7.81. The van der Waals surface area contributed by atoms with Gasteiger partial charge >= 0.3 is 5.97 Å². The fraction of sp³-hybridized carbons (Fsp3) is 0.529. The van der Waals surface area contributed by atoms with Gasteiger partial charge in [-0.2, -0.15) is 0 Å². The molecule has 1 aromatic rings. The highest BCUT2D eigenvalue weighted by molar-refractivity contribution is 6.01. The van der Waals surface area contributed by atoms with Crippen molar-refractivity contribution < 1.29 is 14.3 Å². The summed E-state index contributed by atoms with van der Waals surface area (Å²) in [6.45, 7) is 2.09. The van der Waals surface area contributed by atoms with Crippen molar-refractivity contribution in [2.24, 2.45) is 5.92 Å². The fourth-order valence-corrected chi connectivity index (χ4v) is 2.83. The summed E-state index contributed by atoms with van der Waals surface area (Å²) in [6.07, 6.45) is 6.52. The SMILES string of the molecule is CCOC(=O)c1ccccc1NC(=O)CCC1CCCC1. The Morgan fingerprint density at radius 3 is 2.67 bits per heavy atom. The first kappa shape index (κ1) is 15.5. The van der Waals surface area contributed by atoms with E-state index in [0.29, 0.717) is 30.2 Å². The maximum atomic E-state index is 12.0. The van der Waals surface area contributed by atoms with E-state index < -0.39 is 5.97 Å². The maximum absolute atomic E-state index is 12.0.